The zero-order valence-electron chi connectivity index (χ0n) is 9.53. The van der Waals surface area contributed by atoms with Crippen molar-refractivity contribution in [2.75, 3.05) is 32.8 Å². The number of halogens is 2. The lowest BCUT2D eigenvalue weighted by molar-refractivity contribution is 0.0172. The molecule has 0 spiro atoms. The molecule has 0 amide bonds. The van der Waals surface area contributed by atoms with E-state index in [1.807, 2.05) is 0 Å². The molecule has 2 rings (SSSR count). The molecule has 17 heavy (non-hydrogen) atoms. The van der Waals surface area contributed by atoms with Gasteiger partial charge in [0.05, 0.1) is 19.3 Å². The van der Waals surface area contributed by atoms with Gasteiger partial charge in [-0.3, -0.25) is 4.90 Å². The lowest BCUT2D eigenvalue weighted by Crippen LogP contribution is -2.42. The van der Waals surface area contributed by atoms with Crippen molar-refractivity contribution >= 4 is 0 Å². The second kappa shape index (κ2) is 5.53. The quantitative estimate of drug-likeness (QED) is 0.868. The maximum Gasteiger partial charge on any atom is 0.130 e. The van der Waals surface area contributed by atoms with Gasteiger partial charge in [-0.2, -0.15) is 0 Å². The molecule has 0 aliphatic carbocycles. The van der Waals surface area contributed by atoms with Crippen LogP contribution in [0.15, 0.2) is 18.2 Å². The Bertz CT molecular complexity index is 381. The van der Waals surface area contributed by atoms with Crippen LogP contribution in [0.1, 0.15) is 11.6 Å². The van der Waals surface area contributed by atoms with Gasteiger partial charge in [-0.1, -0.05) is 6.07 Å². The molecule has 94 valence electrons. The zero-order chi connectivity index (χ0) is 12.3. The number of benzene rings is 1. The summed E-state index contributed by atoms with van der Waals surface area (Å²) in [5.41, 5.74) is 6.15. The van der Waals surface area contributed by atoms with Gasteiger partial charge in [0, 0.05) is 31.3 Å². The standard InChI is InChI=1S/C12H16F2N2O/c13-9-1-2-10(11(14)7-9)12(8-15)16-3-5-17-6-4-16/h1-2,7,12H,3-6,8,15H2/t12-/m0/s1. The fourth-order valence-corrected chi connectivity index (χ4v) is 2.13. The van der Waals surface area contributed by atoms with Gasteiger partial charge in [0.2, 0.25) is 0 Å². The third-order valence-corrected chi connectivity index (χ3v) is 3.03. The van der Waals surface area contributed by atoms with E-state index in [2.05, 4.69) is 4.90 Å². The van der Waals surface area contributed by atoms with E-state index in [4.69, 9.17) is 10.5 Å². The summed E-state index contributed by atoms with van der Waals surface area (Å²) in [7, 11) is 0. The molecule has 1 heterocycles. The van der Waals surface area contributed by atoms with E-state index in [-0.39, 0.29) is 6.04 Å². The summed E-state index contributed by atoms with van der Waals surface area (Å²) in [6.45, 7) is 3.00. The first-order chi connectivity index (χ1) is 8.22. The smallest absolute Gasteiger partial charge is 0.130 e. The molecule has 5 heteroatoms. The van der Waals surface area contributed by atoms with Crippen molar-refractivity contribution in [3.63, 3.8) is 0 Å². The molecule has 0 unspecified atom stereocenters. The van der Waals surface area contributed by atoms with E-state index in [1.54, 1.807) is 0 Å². The van der Waals surface area contributed by atoms with Crippen LogP contribution in [0.2, 0.25) is 0 Å². The summed E-state index contributed by atoms with van der Waals surface area (Å²) >= 11 is 0. The molecule has 1 saturated heterocycles. The molecular formula is C12H16F2N2O. The van der Waals surface area contributed by atoms with Gasteiger partial charge in [0.15, 0.2) is 0 Å². The van der Waals surface area contributed by atoms with Crippen molar-refractivity contribution in [3.05, 3.63) is 35.4 Å². The third kappa shape index (κ3) is 2.80. The number of ether oxygens (including phenoxy) is 1. The summed E-state index contributed by atoms with van der Waals surface area (Å²) in [5.74, 6) is -1.10. The number of hydrogen-bond acceptors (Lipinski definition) is 3. The minimum atomic E-state index is -0.566. The van der Waals surface area contributed by atoms with Gasteiger partial charge in [-0.25, -0.2) is 8.78 Å². The van der Waals surface area contributed by atoms with Crippen LogP contribution in [-0.2, 0) is 4.74 Å². The Balaban J connectivity index is 2.21. The van der Waals surface area contributed by atoms with E-state index < -0.39 is 11.6 Å². The number of hydrogen-bond donors (Lipinski definition) is 1. The van der Waals surface area contributed by atoms with Crippen molar-refractivity contribution in [1.82, 2.24) is 4.90 Å². The van der Waals surface area contributed by atoms with Gasteiger partial charge in [0.25, 0.3) is 0 Å². The predicted molar refractivity (Wildman–Crippen MR) is 60.5 cm³/mol. The molecule has 3 nitrogen and oxygen atoms in total. The topological polar surface area (TPSA) is 38.5 Å². The molecule has 1 aromatic rings. The minimum absolute atomic E-state index is 0.209. The number of rotatable bonds is 3. The Labute approximate surface area is 99.2 Å². The maximum atomic E-state index is 13.7. The summed E-state index contributed by atoms with van der Waals surface area (Å²) in [6.07, 6.45) is 0. The molecule has 1 atom stereocenters. The molecule has 0 radical (unpaired) electrons. The Hall–Kier alpha value is -1.04. The summed E-state index contributed by atoms with van der Waals surface area (Å²) in [4.78, 5) is 2.07. The summed E-state index contributed by atoms with van der Waals surface area (Å²) < 4.78 is 31.8. The molecular weight excluding hydrogens is 226 g/mol. The minimum Gasteiger partial charge on any atom is -0.379 e. The Morgan fingerprint density at radius 3 is 2.59 bits per heavy atom. The van der Waals surface area contributed by atoms with Gasteiger partial charge < -0.3 is 10.5 Å². The maximum absolute atomic E-state index is 13.7. The Morgan fingerprint density at radius 1 is 1.29 bits per heavy atom. The lowest BCUT2D eigenvalue weighted by atomic mass is 10.0. The van der Waals surface area contributed by atoms with Crippen molar-refractivity contribution in [1.29, 1.82) is 0 Å². The number of morpholine rings is 1. The Kier molecular flexibility index (Phi) is 4.04. The Morgan fingerprint density at radius 2 is 2.00 bits per heavy atom. The molecule has 0 aromatic heterocycles. The largest absolute Gasteiger partial charge is 0.379 e. The molecule has 1 fully saturated rings. The van der Waals surface area contributed by atoms with Crippen LogP contribution in [0.25, 0.3) is 0 Å². The highest BCUT2D eigenvalue weighted by atomic mass is 19.1. The van der Waals surface area contributed by atoms with Crippen molar-refractivity contribution in [3.8, 4) is 0 Å². The lowest BCUT2D eigenvalue weighted by Gasteiger charge is -2.34. The fourth-order valence-electron chi connectivity index (χ4n) is 2.13. The molecule has 2 N–H and O–H groups in total. The molecule has 1 aromatic carbocycles. The van der Waals surface area contributed by atoms with Crippen LogP contribution < -0.4 is 5.73 Å². The molecule has 0 saturated carbocycles. The van der Waals surface area contributed by atoms with Crippen molar-refractivity contribution < 1.29 is 13.5 Å². The molecule has 0 bridgehead atoms. The second-order valence-corrected chi connectivity index (χ2v) is 4.07. The van der Waals surface area contributed by atoms with Crippen LogP contribution in [0.5, 0.6) is 0 Å². The zero-order valence-corrected chi connectivity index (χ0v) is 9.53. The van der Waals surface area contributed by atoms with Crippen LogP contribution in [0, 0.1) is 11.6 Å². The van der Waals surface area contributed by atoms with E-state index in [9.17, 15) is 8.78 Å². The van der Waals surface area contributed by atoms with Crippen LogP contribution in [0.4, 0.5) is 8.78 Å². The van der Waals surface area contributed by atoms with Crippen LogP contribution in [0.3, 0.4) is 0 Å². The summed E-state index contributed by atoms with van der Waals surface area (Å²) in [6, 6.07) is 3.43. The number of nitrogens with zero attached hydrogens (tertiary/aromatic N) is 1. The average molecular weight is 242 g/mol. The number of nitrogens with two attached hydrogens (primary N) is 1. The summed E-state index contributed by atoms with van der Waals surface area (Å²) in [5, 5.41) is 0. The van der Waals surface area contributed by atoms with Crippen molar-refractivity contribution in [2.24, 2.45) is 5.73 Å². The van der Waals surface area contributed by atoms with Crippen LogP contribution in [-0.4, -0.2) is 37.7 Å². The average Bonchev–Trinajstić information content (AvgIpc) is 2.34. The second-order valence-electron chi connectivity index (χ2n) is 4.07. The fraction of sp³-hybridized carbons (Fsp3) is 0.500. The monoisotopic (exact) mass is 242 g/mol. The third-order valence-electron chi connectivity index (χ3n) is 3.03. The van der Waals surface area contributed by atoms with Crippen molar-refractivity contribution in [2.45, 2.75) is 6.04 Å². The van der Waals surface area contributed by atoms with Gasteiger partial charge in [-0.15, -0.1) is 0 Å². The highest BCUT2D eigenvalue weighted by Crippen LogP contribution is 2.23. The normalized spacial score (nSPS) is 19.2. The van der Waals surface area contributed by atoms with Gasteiger partial charge >= 0.3 is 0 Å². The first kappa shape index (κ1) is 12.4. The first-order valence-corrected chi connectivity index (χ1v) is 5.69. The highest BCUT2D eigenvalue weighted by Gasteiger charge is 2.23. The van der Waals surface area contributed by atoms with Gasteiger partial charge in [0.1, 0.15) is 11.6 Å². The molecule has 1 aliphatic heterocycles. The SMILES string of the molecule is NC[C@@H](c1ccc(F)cc1F)N1CCOCC1. The van der Waals surface area contributed by atoms with E-state index in [0.717, 1.165) is 19.2 Å². The van der Waals surface area contributed by atoms with E-state index >= 15 is 0 Å². The van der Waals surface area contributed by atoms with E-state index in [1.165, 1.54) is 12.1 Å². The molecule has 1 aliphatic rings. The van der Waals surface area contributed by atoms with E-state index in [0.29, 0.717) is 25.3 Å². The first-order valence-electron chi connectivity index (χ1n) is 5.69. The highest BCUT2D eigenvalue weighted by molar-refractivity contribution is 5.22. The predicted octanol–water partition coefficient (Wildman–Crippen LogP) is 1.30. The van der Waals surface area contributed by atoms with Crippen LogP contribution >= 0.6 is 0 Å². The van der Waals surface area contributed by atoms with Gasteiger partial charge in [-0.05, 0) is 6.07 Å².